The summed E-state index contributed by atoms with van der Waals surface area (Å²) in [6.45, 7) is 1.49. The quantitative estimate of drug-likeness (QED) is 0.863. The van der Waals surface area contributed by atoms with Crippen LogP contribution in [0, 0.1) is 0 Å². The average molecular weight is 283 g/mol. The maximum atomic E-state index is 11.5. The number of aliphatic hydroxyl groups excluding tert-OH is 1. The molecular weight excluding hydrogens is 271 g/mol. The molecule has 0 saturated carbocycles. The van der Waals surface area contributed by atoms with Crippen LogP contribution >= 0.6 is 23.2 Å². The van der Waals surface area contributed by atoms with Crippen LogP contribution in [0.4, 0.5) is 0 Å². The Balaban J connectivity index is 2.94. The maximum Gasteiger partial charge on any atom is 0.169 e. The first-order valence-corrected chi connectivity index (χ1v) is 7.20. The van der Waals surface area contributed by atoms with Crippen molar-refractivity contribution in [3.8, 4) is 0 Å². The van der Waals surface area contributed by atoms with Crippen molar-refractivity contribution in [2.45, 2.75) is 17.7 Å². The van der Waals surface area contributed by atoms with Crippen molar-refractivity contribution in [3.63, 3.8) is 0 Å². The summed E-state index contributed by atoms with van der Waals surface area (Å²) in [5, 5.41) is 10.3. The van der Waals surface area contributed by atoms with E-state index in [1.165, 1.54) is 6.92 Å². The summed E-state index contributed by atoms with van der Waals surface area (Å²) in [5.41, 5.74) is 0.432. The van der Waals surface area contributed by atoms with Gasteiger partial charge in [-0.05, 0) is 17.7 Å². The molecule has 0 aliphatic carbocycles. The van der Waals surface area contributed by atoms with Gasteiger partial charge in [-0.1, -0.05) is 30.7 Å². The molecular formula is C10H12Cl2O3S. The Kier molecular flexibility index (Phi) is 4.62. The predicted molar refractivity (Wildman–Crippen MR) is 65.5 cm³/mol. The van der Waals surface area contributed by atoms with Gasteiger partial charge in [0, 0.05) is 10.8 Å². The fourth-order valence-corrected chi connectivity index (χ4v) is 2.68. The van der Waals surface area contributed by atoms with Crippen LogP contribution in [0.3, 0.4) is 0 Å². The van der Waals surface area contributed by atoms with Crippen LogP contribution in [0.1, 0.15) is 18.6 Å². The van der Waals surface area contributed by atoms with Crippen LogP contribution in [-0.4, -0.2) is 24.0 Å². The molecule has 0 heterocycles. The predicted octanol–water partition coefficient (Wildman–Crippen LogP) is 2.37. The lowest BCUT2D eigenvalue weighted by molar-refractivity contribution is 0.191. The second kappa shape index (κ2) is 5.36. The molecule has 0 amide bonds. The smallest absolute Gasteiger partial charge is 0.169 e. The van der Waals surface area contributed by atoms with Crippen molar-refractivity contribution in [1.82, 2.24) is 0 Å². The Hall–Kier alpha value is -0.290. The van der Waals surface area contributed by atoms with E-state index in [4.69, 9.17) is 23.2 Å². The van der Waals surface area contributed by atoms with Gasteiger partial charge >= 0.3 is 0 Å². The van der Waals surface area contributed by atoms with E-state index in [0.29, 0.717) is 10.6 Å². The van der Waals surface area contributed by atoms with E-state index in [0.717, 1.165) is 0 Å². The number of aliphatic hydroxyl groups is 1. The van der Waals surface area contributed by atoms with Crippen LogP contribution in [0.15, 0.2) is 24.3 Å². The number of hydrogen-bond acceptors (Lipinski definition) is 3. The first kappa shape index (κ1) is 13.8. The van der Waals surface area contributed by atoms with Gasteiger partial charge < -0.3 is 5.11 Å². The second-order valence-corrected chi connectivity index (χ2v) is 6.88. The number of halogens is 2. The third-order valence-corrected chi connectivity index (χ3v) is 5.26. The molecule has 0 bridgehead atoms. The van der Waals surface area contributed by atoms with Crippen molar-refractivity contribution >= 4 is 33.0 Å². The van der Waals surface area contributed by atoms with Crippen molar-refractivity contribution in [2.75, 3.05) is 5.75 Å². The van der Waals surface area contributed by atoms with Gasteiger partial charge in [0.15, 0.2) is 14.5 Å². The van der Waals surface area contributed by atoms with Gasteiger partial charge in [0.2, 0.25) is 0 Å². The Morgan fingerprint density at radius 1 is 1.31 bits per heavy atom. The Morgan fingerprint density at radius 3 is 2.25 bits per heavy atom. The van der Waals surface area contributed by atoms with Gasteiger partial charge in [-0.2, -0.15) is 0 Å². The number of hydrogen-bond donors (Lipinski definition) is 1. The number of sulfone groups is 1. The molecule has 1 aromatic rings. The number of benzene rings is 1. The summed E-state index contributed by atoms with van der Waals surface area (Å²) in [6.07, 6.45) is -1.25. The molecule has 3 nitrogen and oxygen atoms in total. The molecule has 1 aromatic carbocycles. The van der Waals surface area contributed by atoms with Crippen LogP contribution in [-0.2, 0) is 9.84 Å². The van der Waals surface area contributed by atoms with E-state index < -0.39 is 20.7 Å². The lowest BCUT2D eigenvalue weighted by Crippen LogP contribution is -2.24. The molecule has 2 atom stereocenters. The summed E-state index contributed by atoms with van der Waals surface area (Å²) >= 11 is 11.4. The van der Waals surface area contributed by atoms with E-state index in [-0.39, 0.29) is 5.75 Å². The number of rotatable bonds is 4. The normalized spacial score (nSPS) is 15.8. The van der Waals surface area contributed by atoms with E-state index in [9.17, 15) is 13.5 Å². The Morgan fingerprint density at radius 2 is 1.81 bits per heavy atom. The van der Waals surface area contributed by atoms with E-state index in [2.05, 4.69) is 0 Å². The topological polar surface area (TPSA) is 54.4 Å². The molecule has 90 valence electrons. The van der Waals surface area contributed by atoms with Gasteiger partial charge in [-0.25, -0.2) is 8.42 Å². The first-order valence-electron chi connectivity index (χ1n) is 4.67. The zero-order valence-electron chi connectivity index (χ0n) is 8.60. The zero-order valence-corrected chi connectivity index (χ0v) is 10.9. The fraction of sp³-hybridized carbons (Fsp3) is 0.400. The summed E-state index contributed by atoms with van der Waals surface area (Å²) in [5.74, 6) is -0.105. The van der Waals surface area contributed by atoms with E-state index in [1.807, 2.05) is 0 Å². The molecule has 0 aliphatic heterocycles. The van der Waals surface area contributed by atoms with Crippen molar-refractivity contribution in [1.29, 1.82) is 0 Å². The minimum atomic E-state index is -3.47. The van der Waals surface area contributed by atoms with Crippen LogP contribution in [0.2, 0.25) is 5.02 Å². The lowest BCUT2D eigenvalue weighted by atomic mass is 10.1. The van der Waals surface area contributed by atoms with Crippen molar-refractivity contribution in [2.24, 2.45) is 0 Å². The highest BCUT2D eigenvalue weighted by Crippen LogP contribution is 2.26. The molecule has 1 N–H and O–H groups in total. The maximum absolute atomic E-state index is 11.5. The molecule has 16 heavy (non-hydrogen) atoms. The van der Waals surface area contributed by atoms with E-state index in [1.54, 1.807) is 24.3 Å². The Bertz CT molecular complexity index is 442. The molecule has 0 aromatic heterocycles. The second-order valence-electron chi connectivity index (χ2n) is 3.30. The monoisotopic (exact) mass is 282 g/mol. The standard InChI is InChI=1S/C10H12Cl2O3S/c1-2-16(14,15)10(12)9(13)7-3-5-8(11)6-4-7/h3-6,9-10,13H,2H2,1H3. The highest BCUT2D eigenvalue weighted by molar-refractivity contribution is 7.93. The minimum absolute atomic E-state index is 0.105. The zero-order chi connectivity index (χ0) is 12.3. The molecule has 0 radical (unpaired) electrons. The molecule has 2 unspecified atom stereocenters. The van der Waals surface area contributed by atoms with Gasteiger partial charge in [0.1, 0.15) is 6.10 Å². The fourth-order valence-electron chi connectivity index (χ4n) is 1.17. The third-order valence-electron chi connectivity index (χ3n) is 2.21. The summed E-state index contributed by atoms with van der Waals surface area (Å²) in [6, 6.07) is 6.24. The summed E-state index contributed by atoms with van der Waals surface area (Å²) in [4.78, 5) is 0. The van der Waals surface area contributed by atoms with E-state index >= 15 is 0 Å². The lowest BCUT2D eigenvalue weighted by Gasteiger charge is -2.16. The molecule has 0 aliphatic rings. The molecule has 0 saturated heterocycles. The minimum Gasteiger partial charge on any atom is -0.386 e. The summed E-state index contributed by atoms with van der Waals surface area (Å²) < 4.78 is 21.6. The SMILES string of the molecule is CCS(=O)(=O)C(Cl)C(O)c1ccc(Cl)cc1. The molecule has 0 fully saturated rings. The Labute approximate surface area is 105 Å². The molecule has 6 heteroatoms. The van der Waals surface area contributed by atoms with Gasteiger partial charge in [0.05, 0.1) is 0 Å². The highest BCUT2D eigenvalue weighted by atomic mass is 35.5. The third kappa shape index (κ3) is 3.10. The van der Waals surface area contributed by atoms with Crippen LogP contribution in [0.5, 0.6) is 0 Å². The summed E-state index contributed by atoms with van der Waals surface area (Å²) in [7, 11) is -3.47. The van der Waals surface area contributed by atoms with Gasteiger partial charge in [-0.15, -0.1) is 11.6 Å². The number of alkyl halides is 1. The van der Waals surface area contributed by atoms with Crippen molar-refractivity contribution < 1.29 is 13.5 Å². The highest BCUT2D eigenvalue weighted by Gasteiger charge is 2.29. The first-order chi connectivity index (χ1) is 7.38. The van der Waals surface area contributed by atoms with Crippen molar-refractivity contribution in [3.05, 3.63) is 34.9 Å². The van der Waals surface area contributed by atoms with Crippen LogP contribution in [0.25, 0.3) is 0 Å². The van der Waals surface area contributed by atoms with Gasteiger partial charge in [0.25, 0.3) is 0 Å². The molecule has 0 spiro atoms. The largest absolute Gasteiger partial charge is 0.386 e. The van der Waals surface area contributed by atoms with Gasteiger partial charge in [-0.3, -0.25) is 0 Å². The average Bonchev–Trinajstić information content (AvgIpc) is 2.28. The molecule has 1 rings (SSSR count). The van der Waals surface area contributed by atoms with Crippen LogP contribution < -0.4 is 0 Å².